The Balaban J connectivity index is 1.68. The number of aromatic nitrogens is 1. The second kappa shape index (κ2) is 9.41. The van der Waals surface area contributed by atoms with Gasteiger partial charge in [-0.1, -0.05) is 78.9 Å². The molecule has 0 radical (unpaired) electrons. The van der Waals surface area contributed by atoms with E-state index in [1.54, 1.807) is 0 Å². The van der Waals surface area contributed by atoms with Gasteiger partial charge in [0.2, 0.25) is 0 Å². The first-order valence-electron chi connectivity index (χ1n) is 10.6. The van der Waals surface area contributed by atoms with E-state index in [1.165, 1.54) is 6.07 Å². The summed E-state index contributed by atoms with van der Waals surface area (Å²) in [6, 6.07) is 27.9. The normalized spacial score (nSPS) is 12.4. The van der Waals surface area contributed by atoms with Gasteiger partial charge >= 0.3 is 6.18 Å². The molecule has 0 amide bonds. The van der Waals surface area contributed by atoms with Crippen molar-refractivity contribution in [3.63, 3.8) is 0 Å². The maximum atomic E-state index is 13.1. The van der Waals surface area contributed by atoms with Crippen LogP contribution in [0.15, 0.2) is 97.2 Å². The van der Waals surface area contributed by atoms with Gasteiger partial charge in [0.15, 0.2) is 5.78 Å². The molecule has 0 N–H and O–H groups in total. The average Bonchev–Trinajstić information content (AvgIpc) is 2.83. The first kappa shape index (κ1) is 22.5. The summed E-state index contributed by atoms with van der Waals surface area (Å²) >= 11 is 0. The van der Waals surface area contributed by atoms with Crippen molar-refractivity contribution in [3.05, 3.63) is 125 Å². The Morgan fingerprint density at radius 2 is 1.48 bits per heavy atom. The van der Waals surface area contributed by atoms with Crippen LogP contribution in [0.25, 0.3) is 11.1 Å². The first-order valence-corrected chi connectivity index (χ1v) is 10.6. The van der Waals surface area contributed by atoms with Gasteiger partial charge in [-0.3, -0.25) is 9.78 Å². The lowest BCUT2D eigenvalue weighted by Gasteiger charge is -2.20. The van der Waals surface area contributed by atoms with Gasteiger partial charge in [0.1, 0.15) is 5.69 Å². The molecule has 0 spiro atoms. The largest absolute Gasteiger partial charge is 0.433 e. The summed E-state index contributed by atoms with van der Waals surface area (Å²) in [5.41, 5.74) is 4.02. The minimum Gasteiger partial charge on any atom is -0.294 e. The molecule has 4 rings (SSSR count). The highest BCUT2D eigenvalue weighted by atomic mass is 19.4. The molecule has 0 aliphatic rings. The van der Waals surface area contributed by atoms with Gasteiger partial charge in [0.05, 0.1) is 0 Å². The Hall–Kier alpha value is -3.73. The Morgan fingerprint density at radius 1 is 0.848 bits per heavy atom. The van der Waals surface area contributed by atoms with Crippen molar-refractivity contribution in [2.75, 3.05) is 0 Å². The third-order valence-corrected chi connectivity index (χ3v) is 5.75. The van der Waals surface area contributed by atoms with Gasteiger partial charge < -0.3 is 0 Å². The standard InChI is InChI=1S/C28H22F3NO/c1-19-7-5-6-10-24(19)25(18-26(33)23-15-16-32-27(17-23)28(29,30)31)22-13-11-21(12-14-22)20-8-3-2-4-9-20/h2-17,25H,18H2,1H3/t25-/m1/s1. The van der Waals surface area contributed by atoms with E-state index in [4.69, 9.17) is 0 Å². The summed E-state index contributed by atoms with van der Waals surface area (Å²) in [5.74, 6) is -0.644. The molecular weight excluding hydrogens is 423 g/mol. The molecule has 0 aliphatic heterocycles. The van der Waals surface area contributed by atoms with E-state index in [9.17, 15) is 18.0 Å². The monoisotopic (exact) mass is 445 g/mol. The lowest BCUT2D eigenvalue weighted by atomic mass is 9.83. The molecule has 0 unspecified atom stereocenters. The number of hydrogen-bond donors (Lipinski definition) is 0. The van der Waals surface area contributed by atoms with E-state index in [-0.39, 0.29) is 23.7 Å². The van der Waals surface area contributed by atoms with Gasteiger partial charge in [-0.05, 0) is 46.9 Å². The Kier molecular flexibility index (Phi) is 6.40. The quantitative estimate of drug-likeness (QED) is 0.288. The fourth-order valence-electron chi connectivity index (χ4n) is 3.99. The lowest BCUT2D eigenvalue weighted by Crippen LogP contribution is -2.13. The number of hydrogen-bond acceptors (Lipinski definition) is 2. The number of pyridine rings is 1. The molecular formula is C28H22F3NO. The molecule has 5 heteroatoms. The summed E-state index contributed by atoms with van der Waals surface area (Å²) in [7, 11) is 0. The molecule has 2 nitrogen and oxygen atoms in total. The first-order chi connectivity index (χ1) is 15.8. The number of carbonyl (C=O) groups excluding carboxylic acids is 1. The van der Waals surface area contributed by atoms with E-state index < -0.39 is 11.9 Å². The predicted molar refractivity (Wildman–Crippen MR) is 123 cm³/mol. The number of rotatable bonds is 6. The summed E-state index contributed by atoms with van der Waals surface area (Å²) in [6.07, 6.45) is -3.51. The number of benzene rings is 3. The van der Waals surface area contributed by atoms with E-state index in [1.807, 2.05) is 85.8 Å². The molecule has 4 aromatic rings. The van der Waals surface area contributed by atoms with E-state index >= 15 is 0 Å². The fourth-order valence-corrected chi connectivity index (χ4v) is 3.99. The summed E-state index contributed by atoms with van der Waals surface area (Å²) in [4.78, 5) is 16.4. The third kappa shape index (κ3) is 5.20. The number of carbonyl (C=O) groups is 1. The van der Waals surface area contributed by atoms with Crippen LogP contribution < -0.4 is 0 Å². The molecule has 1 atom stereocenters. The van der Waals surface area contributed by atoms with Crippen LogP contribution >= 0.6 is 0 Å². The van der Waals surface area contributed by atoms with Crippen molar-refractivity contribution in [2.24, 2.45) is 0 Å². The van der Waals surface area contributed by atoms with Crippen molar-refractivity contribution in [3.8, 4) is 11.1 Å². The van der Waals surface area contributed by atoms with Crippen LogP contribution in [0.1, 0.15) is 45.1 Å². The second-order valence-electron chi connectivity index (χ2n) is 7.95. The fraction of sp³-hybridized carbons (Fsp3) is 0.143. The Bertz CT molecular complexity index is 1250. The molecule has 1 aromatic heterocycles. The molecule has 0 bridgehead atoms. The van der Waals surface area contributed by atoms with Crippen molar-refractivity contribution >= 4 is 5.78 Å². The highest BCUT2D eigenvalue weighted by Gasteiger charge is 2.33. The maximum Gasteiger partial charge on any atom is 0.433 e. The molecule has 0 aliphatic carbocycles. The molecule has 0 fully saturated rings. The topological polar surface area (TPSA) is 30.0 Å². The summed E-state index contributed by atoms with van der Waals surface area (Å²) in [6.45, 7) is 1.97. The Labute approximate surface area is 190 Å². The van der Waals surface area contributed by atoms with Crippen LogP contribution in [0.2, 0.25) is 0 Å². The molecule has 0 saturated heterocycles. The zero-order valence-corrected chi connectivity index (χ0v) is 18.0. The number of nitrogens with zero attached hydrogens (tertiary/aromatic N) is 1. The van der Waals surface area contributed by atoms with Crippen LogP contribution in [-0.2, 0) is 6.18 Å². The van der Waals surface area contributed by atoms with Crippen LogP contribution in [0.3, 0.4) is 0 Å². The van der Waals surface area contributed by atoms with Crippen molar-refractivity contribution < 1.29 is 18.0 Å². The lowest BCUT2D eigenvalue weighted by molar-refractivity contribution is -0.141. The van der Waals surface area contributed by atoms with Crippen molar-refractivity contribution in [1.82, 2.24) is 4.98 Å². The van der Waals surface area contributed by atoms with Gasteiger partial charge in [-0.15, -0.1) is 0 Å². The van der Waals surface area contributed by atoms with Gasteiger partial charge in [-0.2, -0.15) is 13.2 Å². The molecule has 33 heavy (non-hydrogen) atoms. The summed E-state index contributed by atoms with van der Waals surface area (Å²) < 4.78 is 39.2. The zero-order chi connectivity index (χ0) is 23.4. The summed E-state index contributed by atoms with van der Waals surface area (Å²) in [5, 5.41) is 0. The van der Waals surface area contributed by atoms with Gasteiger partial charge in [0.25, 0.3) is 0 Å². The van der Waals surface area contributed by atoms with Crippen LogP contribution in [0.5, 0.6) is 0 Å². The smallest absolute Gasteiger partial charge is 0.294 e. The number of halogens is 3. The van der Waals surface area contributed by atoms with E-state index in [0.717, 1.165) is 40.1 Å². The van der Waals surface area contributed by atoms with Crippen LogP contribution in [0, 0.1) is 6.92 Å². The maximum absolute atomic E-state index is 13.1. The molecule has 0 saturated carbocycles. The average molecular weight is 445 g/mol. The van der Waals surface area contributed by atoms with Crippen LogP contribution in [0.4, 0.5) is 13.2 Å². The molecule has 3 aromatic carbocycles. The number of ketones is 1. The van der Waals surface area contributed by atoms with E-state index in [0.29, 0.717) is 0 Å². The highest BCUT2D eigenvalue weighted by molar-refractivity contribution is 5.97. The second-order valence-corrected chi connectivity index (χ2v) is 7.95. The number of aryl methyl sites for hydroxylation is 1. The minimum atomic E-state index is -4.60. The minimum absolute atomic E-state index is 0.0109. The van der Waals surface area contributed by atoms with Crippen molar-refractivity contribution in [1.29, 1.82) is 0 Å². The zero-order valence-electron chi connectivity index (χ0n) is 18.0. The number of Topliss-reactive ketones (excluding diaryl/α,β-unsaturated/α-hetero) is 1. The number of alkyl halides is 3. The van der Waals surface area contributed by atoms with E-state index in [2.05, 4.69) is 4.98 Å². The van der Waals surface area contributed by atoms with Crippen molar-refractivity contribution in [2.45, 2.75) is 25.4 Å². The Morgan fingerprint density at radius 3 is 2.15 bits per heavy atom. The third-order valence-electron chi connectivity index (χ3n) is 5.75. The molecule has 1 heterocycles. The molecule has 166 valence electrons. The van der Waals surface area contributed by atoms with Gasteiger partial charge in [-0.25, -0.2) is 0 Å². The highest BCUT2D eigenvalue weighted by Crippen LogP contribution is 2.34. The van der Waals surface area contributed by atoms with Crippen LogP contribution in [-0.4, -0.2) is 10.8 Å². The SMILES string of the molecule is Cc1ccccc1[C@H](CC(=O)c1ccnc(C(F)(F)F)c1)c1ccc(-c2ccccc2)cc1. The van der Waals surface area contributed by atoms with Gasteiger partial charge in [0, 0.05) is 24.1 Å². The predicted octanol–water partition coefficient (Wildman–Crippen LogP) is 7.48.